The summed E-state index contributed by atoms with van der Waals surface area (Å²) in [6.07, 6.45) is 3.93. The van der Waals surface area contributed by atoms with Crippen LogP contribution >= 0.6 is 11.3 Å². The molecule has 1 aliphatic heterocycles. The number of fused-ring (bicyclic) bond motifs is 5. The van der Waals surface area contributed by atoms with Crippen LogP contribution in [0.15, 0.2) is 36.4 Å². The minimum Gasteiger partial charge on any atom is -0.483 e. The maximum absolute atomic E-state index is 8.49. The van der Waals surface area contributed by atoms with E-state index in [1.54, 1.807) is 11.3 Å². The van der Waals surface area contributed by atoms with Crippen molar-refractivity contribution < 1.29 is 37.9 Å². The molecule has 0 unspecified atom stereocenters. The average molecular weight is 340 g/mol. The Hall–Kier alpha value is -1.74. The number of aromatic nitrogens is 1. The van der Waals surface area contributed by atoms with Gasteiger partial charge in [-0.1, -0.05) is 35.6 Å². The van der Waals surface area contributed by atoms with Crippen LogP contribution in [-0.4, -0.2) is 6.61 Å². The normalized spacial score (nSPS) is 13.5. The zero-order valence-electron chi connectivity index (χ0n) is 11.1. The van der Waals surface area contributed by atoms with Crippen LogP contribution in [0.3, 0.4) is 0 Å². The third-order valence-electron chi connectivity index (χ3n) is 3.10. The van der Waals surface area contributed by atoms with E-state index in [1.165, 1.54) is 21.0 Å². The summed E-state index contributed by atoms with van der Waals surface area (Å²) in [5.74, 6) is 0. The molecule has 0 bridgehead atoms. The lowest BCUT2D eigenvalue weighted by molar-refractivity contribution is -2.00. The molecule has 0 aliphatic carbocycles. The Kier molecular flexibility index (Phi) is 4.00. The molecule has 2 aromatic carbocycles. The highest BCUT2D eigenvalue weighted by atomic mass is 35.7. The van der Waals surface area contributed by atoms with E-state index in [-0.39, 0.29) is 0 Å². The van der Waals surface area contributed by atoms with Gasteiger partial charge >= 0.3 is 4.66 Å². The van der Waals surface area contributed by atoms with Crippen LogP contribution < -0.4 is 27.5 Å². The van der Waals surface area contributed by atoms with Crippen molar-refractivity contribution in [1.82, 2.24) is 0 Å². The highest BCUT2D eigenvalue weighted by molar-refractivity contribution is 7.17. The van der Waals surface area contributed by atoms with Crippen LogP contribution in [0.25, 0.3) is 27.3 Å². The summed E-state index contributed by atoms with van der Waals surface area (Å²) in [7, 11) is -4.94. The monoisotopic (exact) mass is 339 g/mol. The lowest BCUT2D eigenvalue weighted by Gasteiger charge is -2.17. The van der Waals surface area contributed by atoms with E-state index in [4.69, 9.17) is 23.4 Å². The van der Waals surface area contributed by atoms with E-state index in [9.17, 15) is 0 Å². The van der Waals surface area contributed by atoms with Gasteiger partial charge in [0.05, 0.1) is 0 Å². The molecule has 4 rings (SSSR count). The molecule has 2 heterocycles. The first kappa shape index (κ1) is 15.2. The highest BCUT2D eigenvalue weighted by Gasteiger charge is 2.14. The van der Waals surface area contributed by atoms with E-state index >= 15 is 0 Å². The second-order valence-corrected chi connectivity index (χ2v) is 6.24. The van der Waals surface area contributed by atoms with Crippen molar-refractivity contribution in [2.24, 2.45) is 0 Å². The van der Waals surface area contributed by atoms with E-state index in [0.29, 0.717) is 6.61 Å². The van der Waals surface area contributed by atoms with Crippen LogP contribution in [0.1, 0.15) is 0 Å². The molecule has 0 atom stereocenters. The smallest absolute Gasteiger partial charge is 0.303 e. The Balaban J connectivity index is 0.000000254. The molecule has 0 spiro atoms. The van der Waals surface area contributed by atoms with Crippen LogP contribution in [0.5, 0.6) is 0 Å². The third kappa shape index (κ3) is 3.20. The van der Waals surface area contributed by atoms with Crippen molar-refractivity contribution in [3.8, 4) is 0 Å². The molecule has 22 heavy (non-hydrogen) atoms. The standard InChI is InChI=1S/C14H10NOS.ClHO4/c1-2-4-11-10(3-1)5-6-12-14(11)17-13-9-16-8-7-15(12)13;2-1(3,4)5/h1-7,9H,8H2;(H,2,3,4,5)/q+1;/p-1. The molecule has 0 saturated heterocycles. The minimum atomic E-state index is -4.94. The SMILES string of the molecule is C1=c2sc3c4ccccc4ccc3[n+]2=CCO1.[O-][Cl+3]([O-])([O-])[O-]. The Labute approximate surface area is 130 Å². The van der Waals surface area contributed by atoms with E-state index in [2.05, 4.69) is 46.9 Å². The molecular weight excluding hydrogens is 330 g/mol. The Morgan fingerprint density at radius 3 is 2.55 bits per heavy atom. The van der Waals surface area contributed by atoms with Crippen molar-refractivity contribution in [2.45, 2.75) is 0 Å². The van der Waals surface area contributed by atoms with E-state index < -0.39 is 10.2 Å². The van der Waals surface area contributed by atoms with Crippen LogP contribution in [-0.2, 0) is 4.74 Å². The van der Waals surface area contributed by atoms with Gasteiger partial charge < -0.3 is 4.74 Å². The zero-order valence-corrected chi connectivity index (χ0v) is 12.7. The number of rotatable bonds is 0. The topological polar surface area (TPSA) is 107 Å². The fraction of sp³-hybridized carbons (Fsp3) is 0.0714. The molecular formula is C14H10ClNO5S. The molecule has 1 aliphatic rings. The molecule has 8 heteroatoms. The maximum Gasteiger partial charge on any atom is 0.303 e. The van der Waals surface area contributed by atoms with Gasteiger partial charge in [0.1, 0.15) is 4.70 Å². The minimum absolute atomic E-state index is 0.649. The summed E-state index contributed by atoms with van der Waals surface area (Å²) < 4.78 is 44.0. The van der Waals surface area contributed by atoms with Crippen molar-refractivity contribution in [3.63, 3.8) is 0 Å². The molecule has 0 saturated carbocycles. The molecule has 0 amide bonds. The molecule has 0 radical (unpaired) electrons. The quantitative estimate of drug-likeness (QED) is 0.416. The Morgan fingerprint density at radius 2 is 1.77 bits per heavy atom. The number of ether oxygens (including phenoxy) is 1. The lowest BCUT2D eigenvalue weighted by Crippen LogP contribution is -2.68. The largest absolute Gasteiger partial charge is 0.483 e. The van der Waals surface area contributed by atoms with Gasteiger partial charge in [0.25, 0.3) is 0 Å². The first-order valence-corrected chi connectivity index (χ1v) is 8.24. The number of thiazole rings is 1. The second-order valence-electron chi connectivity index (χ2n) is 4.46. The molecule has 0 N–H and O–H groups in total. The molecule has 114 valence electrons. The van der Waals surface area contributed by atoms with Gasteiger partial charge in [-0.3, -0.25) is 0 Å². The average Bonchev–Trinajstić information content (AvgIpc) is 2.84. The second kappa shape index (κ2) is 5.81. The summed E-state index contributed by atoms with van der Waals surface area (Å²) >= 11 is 1.78. The predicted molar refractivity (Wildman–Crippen MR) is 69.3 cm³/mol. The summed E-state index contributed by atoms with van der Waals surface area (Å²) in [5, 5.41) is 2.61. The fourth-order valence-corrected chi connectivity index (χ4v) is 3.47. The van der Waals surface area contributed by atoms with Gasteiger partial charge in [-0.2, -0.15) is 0 Å². The van der Waals surface area contributed by atoms with Gasteiger partial charge in [0, 0.05) is 11.5 Å². The Bertz CT molecular complexity index is 941. The zero-order chi connectivity index (χ0) is 15.7. The van der Waals surface area contributed by atoms with Crippen molar-refractivity contribution in [2.75, 3.05) is 6.61 Å². The summed E-state index contributed by atoms with van der Waals surface area (Å²) in [6, 6.07) is 12.9. The molecule has 6 nitrogen and oxygen atoms in total. The van der Waals surface area contributed by atoms with Gasteiger partial charge in [-0.05, 0) is 11.5 Å². The van der Waals surface area contributed by atoms with E-state index in [1.807, 2.05) is 6.26 Å². The van der Waals surface area contributed by atoms with Gasteiger partial charge in [-0.15, -0.1) is 14.5 Å². The van der Waals surface area contributed by atoms with Crippen molar-refractivity contribution in [3.05, 3.63) is 47.3 Å². The third-order valence-corrected chi connectivity index (χ3v) is 4.24. The summed E-state index contributed by atoms with van der Waals surface area (Å²) in [6.45, 7) is 0.649. The first-order valence-electron chi connectivity index (χ1n) is 6.19. The Morgan fingerprint density at radius 1 is 1.05 bits per heavy atom. The predicted octanol–water partition coefficient (Wildman–Crippen LogP) is -2.64. The van der Waals surface area contributed by atoms with Gasteiger partial charge in [0.2, 0.25) is 5.52 Å². The van der Waals surface area contributed by atoms with Crippen LogP contribution in [0.2, 0.25) is 0 Å². The summed E-state index contributed by atoms with van der Waals surface area (Å²) in [5.41, 5.74) is 1.27. The number of hydrogen-bond donors (Lipinski definition) is 0. The maximum atomic E-state index is 8.49. The van der Waals surface area contributed by atoms with Gasteiger partial charge in [-0.25, -0.2) is 18.6 Å². The van der Waals surface area contributed by atoms with Crippen molar-refractivity contribution in [1.29, 1.82) is 0 Å². The van der Waals surface area contributed by atoms with Gasteiger partial charge in [0.15, 0.2) is 19.1 Å². The molecule has 3 aromatic rings. The number of hydrogen-bond acceptors (Lipinski definition) is 6. The van der Waals surface area contributed by atoms with Crippen molar-refractivity contribution >= 4 is 38.6 Å². The first-order chi connectivity index (χ1) is 10.4. The number of nitrogens with zero attached hydrogens (tertiary/aromatic N) is 1. The lowest BCUT2D eigenvalue weighted by atomic mass is 10.1. The van der Waals surface area contributed by atoms with Crippen LogP contribution in [0, 0.1) is 16.5 Å². The van der Waals surface area contributed by atoms with Crippen LogP contribution in [0.4, 0.5) is 0 Å². The highest BCUT2D eigenvalue weighted by Crippen LogP contribution is 2.24. The summed E-state index contributed by atoms with van der Waals surface area (Å²) in [4.78, 5) is 0. The number of halogens is 1. The van der Waals surface area contributed by atoms with E-state index in [0.717, 1.165) is 4.66 Å². The molecule has 1 aromatic heterocycles. The number of benzene rings is 2. The molecule has 0 fully saturated rings. The fourth-order valence-electron chi connectivity index (χ4n) is 2.31.